The van der Waals surface area contributed by atoms with E-state index in [2.05, 4.69) is 0 Å². The van der Waals surface area contributed by atoms with Gasteiger partial charge in [-0.05, 0) is 35.4 Å². The molecule has 0 aliphatic carbocycles. The van der Waals surface area contributed by atoms with E-state index >= 15 is 0 Å². The zero-order valence-corrected chi connectivity index (χ0v) is 12.1. The molecule has 0 amide bonds. The molecule has 0 aliphatic heterocycles. The van der Waals surface area contributed by atoms with Crippen LogP contribution in [-0.4, -0.2) is 21.7 Å². The standard InChI is InChI=1S/C16H16F2O2S/c17-13-5-1-11(2-6-13)15(19)9-21-10-16(20)12-3-7-14(18)8-4-12/h1-8,15-16,19-20H,9-10H2. The molecule has 0 fully saturated rings. The van der Waals surface area contributed by atoms with Crippen molar-refractivity contribution in [3.05, 3.63) is 71.3 Å². The fourth-order valence-electron chi connectivity index (χ4n) is 1.85. The predicted octanol–water partition coefficient (Wildman–Crippen LogP) is 3.47. The van der Waals surface area contributed by atoms with Crippen LogP contribution < -0.4 is 0 Å². The van der Waals surface area contributed by atoms with Gasteiger partial charge in [0, 0.05) is 11.5 Å². The second-order valence-corrected chi connectivity index (χ2v) is 5.75. The number of hydrogen-bond acceptors (Lipinski definition) is 3. The van der Waals surface area contributed by atoms with Crippen LogP contribution in [0.25, 0.3) is 0 Å². The number of hydrogen-bond donors (Lipinski definition) is 2. The lowest BCUT2D eigenvalue weighted by atomic mass is 10.1. The van der Waals surface area contributed by atoms with Gasteiger partial charge in [-0.3, -0.25) is 0 Å². The summed E-state index contributed by atoms with van der Waals surface area (Å²) in [5.74, 6) is 0.101. The van der Waals surface area contributed by atoms with Crippen LogP contribution in [-0.2, 0) is 0 Å². The molecule has 112 valence electrons. The molecule has 0 bridgehead atoms. The highest BCUT2D eigenvalue weighted by Crippen LogP contribution is 2.23. The predicted molar refractivity (Wildman–Crippen MR) is 80.0 cm³/mol. The van der Waals surface area contributed by atoms with Crippen molar-refractivity contribution in [1.82, 2.24) is 0 Å². The van der Waals surface area contributed by atoms with Crippen molar-refractivity contribution in [3.63, 3.8) is 0 Å². The minimum absolute atomic E-state index is 0.342. The number of rotatable bonds is 6. The molecular weight excluding hydrogens is 294 g/mol. The lowest BCUT2D eigenvalue weighted by Gasteiger charge is -2.13. The van der Waals surface area contributed by atoms with Crippen LogP contribution in [0.1, 0.15) is 23.3 Å². The zero-order chi connectivity index (χ0) is 15.2. The number of halogens is 2. The van der Waals surface area contributed by atoms with E-state index in [1.807, 2.05) is 0 Å². The maximum atomic E-state index is 12.8. The summed E-state index contributed by atoms with van der Waals surface area (Å²) in [6, 6.07) is 11.4. The molecule has 2 unspecified atom stereocenters. The minimum atomic E-state index is -0.712. The fraction of sp³-hybridized carbons (Fsp3) is 0.250. The average Bonchev–Trinajstić information content (AvgIpc) is 2.48. The summed E-state index contributed by atoms with van der Waals surface area (Å²) in [4.78, 5) is 0. The van der Waals surface area contributed by atoms with Gasteiger partial charge in [-0.25, -0.2) is 8.78 Å². The number of benzene rings is 2. The molecular formula is C16H16F2O2S. The van der Waals surface area contributed by atoms with Crippen LogP contribution in [0.15, 0.2) is 48.5 Å². The number of aliphatic hydroxyl groups excluding tert-OH is 2. The van der Waals surface area contributed by atoms with Gasteiger partial charge in [0.1, 0.15) is 11.6 Å². The molecule has 0 aliphatic rings. The van der Waals surface area contributed by atoms with Crippen LogP contribution in [0.3, 0.4) is 0 Å². The second-order valence-electron chi connectivity index (χ2n) is 4.67. The summed E-state index contributed by atoms with van der Waals surface area (Å²) in [5, 5.41) is 19.9. The first-order chi connectivity index (χ1) is 10.1. The third-order valence-electron chi connectivity index (χ3n) is 3.06. The van der Waals surface area contributed by atoms with Gasteiger partial charge >= 0.3 is 0 Å². The molecule has 2 nitrogen and oxygen atoms in total. The molecule has 2 N–H and O–H groups in total. The van der Waals surface area contributed by atoms with E-state index in [0.29, 0.717) is 22.6 Å². The average molecular weight is 310 g/mol. The van der Waals surface area contributed by atoms with Gasteiger partial charge in [0.2, 0.25) is 0 Å². The zero-order valence-electron chi connectivity index (χ0n) is 11.2. The van der Waals surface area contributed by atoms with Crippen LogP contribution in [0.5, 0.6) is 0 Å². The normalized spacial score (nSPS) is 13.9. The molecule has 0 saturated heterocycles. The Hall–Kier alpha value is -1.43. The van der Waals surface area contributed by atoms with Gasteiger partial charge in [0.25, 0.3) is 0 Å². The van der Waals surface area contributed by atoms with Crippen LogP contribution in [0.4, 0.5) is 8.78 Å². The van der Waals surface area contributed by atoms with Gasteiger partial charge in [0.15, 0.2) is 0 Å². The largest absolute Gasteiger partial charge is 0.388 e. The lowest BCUT2D eigenvalue weighted by molar-refractivity contribution is 0.198. The van der Waals surface area contributed by atoms with Gasteiger partial charge in [0.05, 0.1) is 12.2 Å². The van der Waals surface area contributed by atoms with Crippen LogP contribution in [0.2, 0.25) is 0 Å². The fourth-order valence-corrected chi connectivity index (χ4v) is 2.82. The van der Waals surface area contributed by atoms with Crippen molar-refractivity contribution >= 4 is 11.8 Å². The summed E-state index contributed by atoms with van der Waals surface area (Å²) in [7, 11) is 0. The first-order valence-electron chi connectivity index (χ1n) is 6.51. The van der Waals surface area contributed by atoms with E-state index in [-0.39, 0.29) is 11.6 Å². The molecule has 0 radical (unpaired) electrons. The Kier molecular flexibility index (Phi) is 5.73. The molecule has 5 heteroatoms. The maximum absolute atomic E-state index is 12.8. The van der Waals surface area contributed by atoms with Gasteiger partial charge < -0.3 is 10.2 Å². The molecule has 2 aromatic carbocycles. The molecule has 0 saturated carbocycles. The number of thioether (sulfide) groups is 1. The minimum Gasteiger partial charge on any atom is -0.388 e. The Morgan fingerprint density at radius 1 is 0.714 bits per heavy atom. The van der Waals surface area contributed by atoms with Gasteiger partial charge in [-0.1, -0.05) is 24.3 Å². The topological polar surface area (TPSA) is 40.5 Å². The molecule has 0 heterocycles. The SMILES string of the molecule is OC(CSCC(O)c1ccc(F)cc1)c1ccc(F)cc1. The molecule has 0 aromatic heterocycles. The number of aliphatic hydroxyl groups is 2. The van der Waals surface area contributed by atoms with E-state index in [4.69, 9.17) is 0 Å². The van der Waals surface area contributed by atoms with Crippen molar-refractivity contribution in [1.29, 1.82) is 0 Å². The third kappa shape index (κ3) is 4.81. The van der Waals surface area contributed by atoms with E-state index in [0.717, 1.165) is 0 Å². The first kappa shape index (κ1) is 15.9. The molecule has 0 spiro atoms. The second kappa shape index (κ2) is 7.54. The lowest BCUT2D eigenvalue weighted by Crippen LogP contribution is -2.05. The van der Waals surface area contributed by atoms with E-state index < -0.39 is 12.2 Å². The summed E-state index contributed by atoms with van der Waals surface area (Å²) in [5.41, 5.74) is 1.28. The first-order valence-corrected chi connectivity index (χ1v) is 7.66. The van der Waals surface area contributed by atoms with E-state index in [1.165, 1.54) is 60.3 Å². The van der Waals surface area contributed by atoms with Crippen molar-refractivity contribution in [2.75, 3.05) is 11.5 Å². The molecule has 2 rings (SSSR count). The van der Waals surface area contributed by atoms with Gasteiger partial charge in [-0.2, -0.15) is 11.8 Å². The van der Waals surface area contributed by atoms with Crippen LogP contribution in [0, 0.1) is 11.6 Å². The monoisotopic (exact) mass is 310 g/mol. The Balaban J connectivity index is 1.80. The smallest absolute Gasteiger partial charge is 0.123 e. The summed E-state index contributed by atoms with van der Waals surface area (Å²) < 4.78 is 25.6. The Labute approximate surface area is 126 Å². The third-order valence-corrected chi connectivity index (χ3v) is 4.16. The van der Waals surface area contributed by atoms with Crippen LogP contribution >= 0.6 is 11.8 Å². The van der Waals surface area contributed by atoms with Crippen molar-refractivity contribution in [2.45, 2.75) is 12.2 Å². The van der Waals surface area contributed by atoms with E-state index in [1.54, 1.807) is 0 Å². The highest BCUT2D eigenvalue weighted by molar-refractivity contribution is 7.99. The molecule has 2 aromatic rings. The Morgan fingerprint density at radius 2 is 1.05 bits per heavy atom. The highest BCUT2D eigenvalue weighted by Gasteiger charge is 2.11. The molecule has 2 atom stereocenters. The van der Waals surface area contributed by atoms with Crippen molar-refractivity contribution in [2.24, 2.45) is 0 Å². The summed E-state index contributed by atoms with van der Waals surface area (Å²) in [6.45, 7) is 0. The highest BCUT2D eigenvalue weighted by atomic mass is 32.2. The Morgan fingerprint density at radius 3 is 1.38 bits per heavy atom. The Bertz CT molecular complexity index is 506. The maximum Gasteiger partial charge on any atom is 0.123 e. The van der Waals surface area contributed by atoms with Crippen molar-refractivity contribution < 1.29 is 19.0 Å². The summed E-state index contributed by atoms with van der Waals surface area (Å²) >= 11 is 1.38. The molecule has 21 heavy (non-hydrogen) atoms. The van der Waals surface area contributed by atoms with Gasteiger partial charge in [-0.15, -0.1) is 0 Å². The quantitative estimate of drug-likeness (QED) is 0.858. The van der Waals surface area contributed by atoms with Crippen molar-refractivity contribution in [3.8, 4) is 0 Å². The summed E-state index contributed by atoms with van der Waals surface area (Å²) in [6.07, 6.45) is -1.42. The van der Waals surface area contributed by atoms with E-state index in [9.17, 15) is 19.0 Å².